The SMILES string of the molecule is O=C1CC(CCCC2C(Oc3ccccc3)=C(Oc3ccccc3)c3c(Oc4ccccc4)cccc32)C(=O)O1. The van der Waals surface area contributed by atoms with Gasteiger partial charge in [-0.3, -0.25) is 9.59 Å². The average molecular weight is 533 g/mol. The third kappa shape index (κ3) is 5.47. The molecule has 1 fully saturated rings. The minimum absolute atomic E-state index is 0.140. The monoisotopic (exact) mass is 532 g/mol. The number of fused-ring (bicyclic) bond motifs is 1. The quantitative estimate of drug-likeness (QED) is 0.154. The number of para-hydroxylation sites is 3. The Morgan fingerprint density at radius 3 is 1.85 bits per heavy atom. The second-order valence-electron chi connectivity index (χ2n) is 9.84. The summed E-state index contributed by atoms with van der Waals surface area (Å²) in [7, 11) is 0. The van der Waals surface area contributed by atoms with E-state index in [-0.39, 0.29) is 12.3 Å². The fourth-order valence-electron chi connectivity index (χ4n) is 5.24. The van der Waals surface area contributed by atoms with E-state index in [1.54, 1.807) is 0 Å². The number of esters is 2. The molecule has 1 saturated heterocycles. The first-order valence-electron chi connectivity index (χ1n) is 13.5. The van der Waals surface area contributed by atoms with E-state index in [2.05, 4.69) is 6.07 Å². The summed E-state index contributed by atoms with van der Waals surface area (Å²) in [6.07, 6.45) is 2.08. The van der Waals surface area contributed by atoms with E-state index in [4.69, 9.17) is 18.9 Å². The van der Waals surface area contributed by atoms with E-state index in [0.717, 1.165) is 11.1 Å². The lowest BCUT2D eigenvalue weighted by molar-refractivity contribution is -0.153. The predicted octanol–water partition coefficient (Wildman–Crippen LogP) is 7.66. The van der Waals surface area contributed by atoms with Crippen LogP contribution in [-0.4, -0.2) is 11.9 Å². The highest BCUT2D eigenvalue weighted by Crippen LogP contribution is 2.50. The van der Waals surface area contributed by atoms with Crippen molar-refractivity contribution in [3.63, 3.8) is 0 Å². The number of rotatable bonds is 10. The summed E-state index contributed by atoms with van der Waals surface area (Å²) >= 11 is 0. The lowest BCUT2D eigenvalue weighted by Gasteiger charge is -2.18. The van der Waals surface area contributed by atoms with Gasteiger partial charge in [0, 0.05) is 5.92 Å². The van der Waals surface area contributed by atoms with Crippen molar-refractivity contribution in [3.8, 4) is 23.0 Å². The maximum Gasteiger partial charge on any atom is 0.317 e. The molecule has 6 heteroatoms. The summed E-state index contributed by atoms with van der Waals surface area (Å²) in [6.45, 7) is 0. The molecule has 6 rings (SSSR count). The molecule has 1 heterocycles. The van der Waals surface area contributed by atoms with Crippen molar-refractivity contribution in [2.24, 2.45) is 5.92 Å². The zero-order chi connectivity index (χ0) is 27.3. The molecule has 4 aromatic rings. The number of carbonyl (C=O) groups is 2. The van der Waals surface area contributed by atoms with E-state index in [0.29, 0.717) is 53.8 Å². The number of benzene rings is 4. The van der Waals surface area contributed by atoms with Crippen LogP contribution in [0.5, 0.6) is 23.0 Å². The number of hydrogen-bond acceptors (Lipinski definition) is 6. The van der Waals surface area contributed by atoms with Crippen molar-refractivity contribution in [1.82, 2.24) is 0 Å². The number of cyclic esters (lactones) is 2. The molecule has 1 aliphatic heterocycles. The Labute approximate surface area is 232 Å². The number of hydrogen-bond donors (Lipinski definition) is 0. The summed E-state index contributed by atoms with van der Waals surface area (Å²) in [4.78, 5) is 23.7. The molecule has 4 aromatic carbocycles. The van der Waals surface area contributed by atoms with Crippen LogP contribution in [-0.2, 0) is 14.3 Å². The van der Waals surface area contributed by atoms with Crippen molar-refractivity contribution in [2.45, 2.75) is 31.6 Å². The van der Waals surface area contributed by atoms with Gasteiger partial charge in [0.15, 0.2) is 11.5 Å². The minimum atomic E-state index is -0.449. The van der Waals surface area contributed by atoms with Crippen molar-refractivity contribution in [3.05, 3.63) is 126 Å². The van der Waals surface area contributed by atoms with Crippen LogP contribution in [0.25, 0.3) is 5.76 Å². The van der Waals surface area contributed by atoms with Crippen LogP contribution < -0.4 is 14.2 Å². The zero-order valence-electron chi connectivity index (χ0n) is 21.8. The van der Waals surface area contributed by atoms with E-state index in [9.17, 15) is 9.59 Å². The number of carbonyl (C=O) groups excluding carboxylic acids is 2. The first-order valence-corrected chi connectivity index (χ1v) is 13.5. The molecule has 0 aromatic heterocycles. The van der Waals surface area contributed by atoms with Crippen LogP contribution in [0.2, 0.25) is 0 Å². The van der Waals surface area contributed by atoms with Crippen molar-refractivity contribution >= 4 is 17.7 Å². The second kappa shape index (κ2) is 11.5. The summed E-state index contributed by atoms with van der Waals surface area (Å²) in [5, 5.41) is 0. The lowest BCUT2D eigenvalue weighted by Crippen LogP contribution is -2.10. The summed E-state index contributed by atoms with van der Waals surface area (Å²) in [6, 6.07) is 34.8. The first kappa shape index (κ1) is 25.4. The van der Waals surface area contributed by atoms with Gasteiger partial charge in [0.2, 0.25) is 0 Å². The molecule has 6 nitrogen and oxygen atoms in total. The Bertz CT molecular complexity index is 1530. The van der Waals surface area contributed by atoms with Gasteiger partial charge in [-0.05, 0) is 60.9 Å². The Morgan fingerprint density at radius 2 is 1.25 bits per heavy atom. The molecule has 0 radical (unpaired) electrons. The van der Waals surface area contributed by atoms with E-state index in [1.165, 1.54) is 0 Å². The van der Waals surface area contributed by atoms with Gasteiger partial charge in [-0.25, -0.2) is 0 Å². The van der Waals surface area contributed by atoms with Crippen LogP contribution >= 0.6 is 0 Å². The smallest absolute Gasteiger partial charge is 0.317 e. The van der Waals surface area contributed by atoms with Gasteiger partial charge in [0.1, 0.15) is 23.0 Å². The molecule has 0 saturated carbocycles. The molecular formula is C34H28O6. The third-order valence-corrected chi connectivity index (χ3v) is 7.11. The highest BCUT2D eigenvalue weighted by atomic mass is 16.6. The fourth-order valence-corrected chi connectivity index (χ4v) is 5.24. The van der Waals surface area contributed by atoms with Gasteiger partial charge in [-0.2, -0.15) is 0 Å². The largest absolute Gasteiger partial charge is 0.457 e. The Kier molecular flexibility index (Phi) is 7.31. The molecule has 2 atom stereocenters. The van der Waals surface area contributed by atoms with Crippen molar-refractivity contribution in [1.29, 1.82) is 0 Å². The molecule has 200 valence electrons. The van der Waals surface area contributed by atoms with Crippen molar-refractivity contribution < 1.29 is 28.5 Å². The first-order chi connectivity index (χ1) is 19.7. The van der Waals surface area contributed by atoms with Crippen LogP contribution in [0, 0.1) is 5.92 Å². The van der Waals surface area contributed by atoms with Crippen molar-refractivity contribution in [2.75, 3.05) is 0 Å². The maximum absolute atomic E-state index is 12.1. The van der Waals surface area contributed by atoms with E-state index >= 15 is 0 Å². The summed E-state index contributed by atoms with van der Waals surface area (Å²) in [5.41, 5.74) is 1.86. The number of allylic oxidation sites excluding steroid dienone is 1. The molecular weight excluding hydrogens is 504 g/mol. The third-order valence-electron chi connectivity index (χ3n) is 7.11. The van der Waals surface area contributed by atoms with Crippen LogP contribution in [0.4, 0.5) is 0 Å². The fraction of sp³-hybridized carbons (Fsp3) is 0.176. The molecule has 1 aliphatic carbocycles. The van der Waals surface area contributed by atoms with Gasteiger partial charge in [0.05, 0.1) is 17.9 Å². The normalized spacial score (nSPS) is 17.9. The molecule has 0 amide bonds. The second-order valence-corrected chi connectivity index (χ2v) is 9.84. The average Bonchev–Trinajstić information content (AvgIpc) is 3.46. The molecule has 2 unspecified atom stereocenters. The lowest BCUT2D eigenvalue weighted by atomic mass is 9.91. The molecule has 0 spiro atoms. The highest BCUT2D eigenvalue weighted by Gasteiger charge is 2.39. The van der Waals surface area contributed by atoms with E-state index in [1.807, 2.05) is 103 Å². The standard InChI is InChI=1S/C34H28O6/c35-30-22-23(34(36)40-30)12-10-20-28-27-19-11-21-29(37-24-13-4-1-5-14-24)31(27)33(39-26-17-8-3-9-18-26)32(28)38-25-15-6-2-7-16-25/h1-9,11,13-19,21,23,28H,10,12,20,22H2. The Balaban J connectivity index is 1.40. The Morgan fingerprint density at radius 1 is 0.650 bits per heavy atom. The minimum Gasteiger partial charge on any atom is -0.457 e. The molecule has 0 N–H and O–H groups in total. The summed E-state index contributed by atoms with van der Waals surface area (Å²) in [5.74, 6) is 2.60. The van der Waals surface area contributed by atoms with Crippen LogP contribution in [0.15, 0.2) is 115 Å². The van der Waals surface area contributed by atoms with Gasteiger partial charge in [0.25, 0.3) is 0 Å². The van der Waals surface area contributed by atoms with Crippen LogP contribution in [0.1, 0.15) is 42.7 Å². The topological polar surface area (TPSA) is 71.1 Å². The maximum atomic E-state index is 12.1. The zero-order valence-corrected chi connectivity index (χ0v) is 21.8. The molecule has 0 bridgehead atoms. The van der Waals surface area contributed by atoms with Gasteiger partial charge >= 0.3 is 11.9 Å². The molecule has 40 heavy (non-hydrogen) atoms. The summed E-state index contributed by atoms with van der Waals surface area (Å²) < 4.78 is 24.3. The molecule has 2 aliphatic rings. The van der Waals surface area contributed by atoms with E-state index < -0.39 is 17.9 Å². The van der Waals surface area contributed by atoms with Gasteiger partial charge in [-0.15, -0.1) is 0 Å². The van der Waals surface area contributed by atoms with Gasteiger partial charge < -0.3 is 18.9 Å². The highest BCUT2D eigenvalue weighted by molar-refractivity contribution is 5.94. The van der Waals surface area contributed by atoms with Crippen LogP contribution in [0.3, 0.4) is 0 Å². The number of ether oxygens (including phenoxy) is 4. The Hall–Kier alpha value is -4.84. The van der Waals surface area contributed by atoms with Gasteiger partial charge in [-0.1, -0.05) is 73.2 Å². The predicted molar refractivity (Wildman–Crippen MR) is 150 cm³/mol.